The van der Waals surface area contributed by atoms with Crippen molar-refractivity contribution in [1.29, 1.82) is 0 Å². The third-order valence-corrected chi connectivity index (χ3v) is 5.43. The molecule has 0 fully saturated rings. The fourth-order valence-corrected chi connectivity index (χ4v) is 3.74. The van der Waals surface area contributed by atoms with Crippen molar-refractivity contribution < 1.29 is 4.79 Å². The number of allylic oxidation sites excluding steroid dienone is 1. The standard InChI is InChI=1S/C21H15BrN2OS/c1-14-2-4-15(5-3-14)19(25)11-10-18-20(16-6-8-17(22)9-7-16)23-21-24(18)12-13-26-21/h2-13H,1H3. The second-order valence-corrected chi connectivity index (χ2v) is 7.76. The molecular formula is C21H15BrN2OS. The Balaban J connectivity index is 1.74. The zero-order chi connectivity index (χ0) is 18.1. The quantitative estimate of drug-likeness (QED) is 0.297. The fourth-order valence-electron chi connectivity index (χ4n) is 2.75. The summed E-state index contributed by atoms with van der Waals surface area (Å²) in [5, 5.41) is 1.99. The Hall–Kier alpha value is -2.50. The number of imidazole rings is 1. The number of aromatic nitrogens is 2. The largest absolute Gasteiger partial charge is 0.290 e. The van der Waals surface area contributed by atoms with E-state index in [2.05, 4.69) is 15.9 Å². The molecule has 0 saturated heterocycles. The van der Waals surface area contributed by atoms with E-state index in [0.29, 0.717) is 5.56 Å². The molecule has 0 spiro atoms. The van der Waals surface area contributed by atoms with Crippen LogP contribution in [0.1, 0.15) is 21.6 Å². The molecule has 0 amide bonds. The second-order valence-electron chi connectivity index (χ2n) is 5.97. The lowest BCUT2D eigenvalue weighted by atomic mass is 10.1. The summed E-state index contributed by atoms with van der Waals surface area (Å²) in [4.78, 5) is 18.1. The normalized spacial score (nSPS) is 11.5. The van der Waals surface area contributed by atoms with Crippen molar-refractivity contribution in [3.05, 3.63) is 87.5 Å². The smallest absolute Gasteiger partial charge is 0.194 e. The first-order valence-electron chi connectivity index (χ1n) is 8.12. The average Bonchev–Trinajstić information content (AvgIpc) is 3.22. The highest BCUT2D eigenvalue weighted by atomic mass is 79.9. The number of aryl methyl sites for hydroxylation is 1. The van der Waals surface area contributed by atoms with Gasteiger partial charge in [-0.3, -0.25) is 9.20 Å². The topological polar surface area (TPSA) is 34.4 Å². The first-order chi connectivity index (χ1) is 12.6. The van der Waals surface area contributed by atoms with Crippen LogP contribution in [0.25, 0.3) is 22.3 Å². The van der Waals surface area contributed by atoms with Gasteiger partial charge in [-0.05, 0) is 31.2 Å². The van der Waals surface area contributed by atoms with Gasteiger partial charge in [0.25, 0.3) is 0 Å². The molecule has 5 heteroatoms. The summed E-state index contributed by atoms with van der Waals surface area (Å²) in [6.07, 6.45) is 5.45. The molecule has 0 aliphatic carbocycles. The van der Waals surface area contributed by atoms with Crippen LogP contribution in [0.4, 0.5) is 0 Å². The molecule has 2 aromatic heterocycles. The highest BCUT2D eigenvalue weighted by Gasteiger charge is 2.13. The van der Waals surface area contributed by atoms with E-state index < -0.39 is 0 Å². The molecule has 128 valence electrons. The van der Waals surface area contributed by atoms with E-state index in [0.717, 1.165) is 31.9 Å². The highest BCUT2D eigenvalue weighted by molar-refractivity contribution is 9.10. The van der Waals surface area contributed by atoms with Gasteiger partial charge in [-0.25, -0.2) is 4.98 Å². The molecule has 26 heavy (non-hydrogen) atoms. The summed E-state index contributed by atoms with van der Waals surface area (Å²) < 4.78 is 3.04. The Morgan fingerprint density at radius 2 is 1.85 bits per heavy atom. The minimum absolute atomic E-state index is 0.0167. The summed E-state index contributed by atoms with van der Waals surface area (Å²) in [6.45, 7) is 2.01. The number of rotatable bonds is 4. The molecule has 0 radical (unpaired) electrons. The maximum Gasteiger partial charge on any atom is 0.194 e. The van der Waals surface area contributed by atoms with E-state index in [9.17, 15) is 4.79 Å². The predicted molar refractivity (Wildman–Crippen MR) is 111 cm³/mol. The zero-order valence-electron chi connectivity index (χ0n) is 14.0. The molecule has 4 aromatic rings. The summed E-state index contributed by atoms with van der Waals surface area (Å²) in [5.41, 5.74) is 4.62. The molecule has 0 aliphatic rings. The number of fused-ring (bicyclic) bond motifs is 1. The molecule has 4 rings (SSSR count). The van der Waals surface area contributed by atoms with Gasteiger partial charge in [0.1, 0.15) is 0 Å². The number of ketones is 1. The van der Waals surface area contributed by atoms with Gasteiger partial charge in [-0.2, -0.15) is 0 Å². The second kappa shape index (κ2) is 7.02. The van der Waals surface area contributed by atoms with Crippen molar-refractivity contribution >= 4 is 44.1 Å². The number of carbonyl (C=O) groups is 1. The minimum atomic E-state index is -0.0167. The maximum absolute atomic E-state index is 12.5. The van der Waals surface area contributed by atoms with Gasteiger partial charge in [0.05, 0.1) is 11.4 Å². The van der Waals surface area contributed by atoms with E-state index >= 15 is 0 Å². The average molecular weight is 423 g/mol. The van der Waals surface area contributed by atoms with Crippen molar-refractivity contribution in [1.82, 2.24) is 9.38 Å². The van der Waals surface area contributed by atoms with Crippen molar-refractivity contribution in [3.8, 4) is 11.3 Å². The molecule has 3 nitrogen and oxygen atoms in total. The van der Waals surface area contributed by atoms with Crippen LogP contribution < -0.4 is 0 Å². The Bertz CT molecular complexity index is 1110. The van der Waals surface area contributed by atoms with Gasteiger partial charge in [0.2, 0.25) is 0 Å². The number of benzene rings is 2. The molecule has 0 saturated carbocycles. The number of carbonyl (C=O) groups excluding carboxylic acids is 1. The Morgan fingerprint density at radius 3 is 2.58 bits per heavy atom. The zero-order valence-corrected chi connectivity index (χ0v) is 16.4. The molecule has 0 atom stereocenters. The van der Waals surface area contributed by atoms with Crippen LogP contribution >= 0.6 is 27.3 Å². The Kier molecular flexibility index (Phi) is 4.57. The fraction of sp³-hybridized carbons (Fsp3) is 0.0476. The summed E-state index contributed by atoms with van der Waals surface area (Å²) in [6, 6.07) is 15.6. The van der Waals surface area contributed by atoms with Crippen LogP contribution in [0.5, 0.6) is 0 Å². The molecule has 2 heterocycles. The lowest BCUT2D eigenvalue weighted by Gasteiger charge is -2.01. The van der Waals surface area contributed by atoms with Crippen molar-refractivity contribution in [2.75, 3.05) is 0 Å². The number of hydrogen-bond donors (Lipinski definition) is 0. The Labute approximate surface area is 163 Å². The van der Waals surface area contributed by atoms with Crippen molar-refractivity contribution in [3.63, 3.8) is 0 Å². The SMILES string of the molecule is Cc1ccc(C(=O)C=Cc2c(-c3ccc(Br)cc3)nc3sccn23)cc1. The maximum atomic E-state index is 12.5. The van der Waals surface area contributed by atoms with Crippen LogP contribution in [0.15, 0.2) is 70.7 Å². The van der Waals surface area contributed by atoms with Crippen molar-refractivity contribution in [2.24, 2.45) is 0 Å². The third-order valence-electron chi connectivity index (χ3n) is 4.15. The summed E-state index contributed by atoms with van der Waals surface area (Å²) >= 11 is 5.04. The van der Waals surface area contributed by atoms with Crippen LogP contribution in [0, 0.1) is 6.92 Å². The van der Waals surface area contributed by atoms with E-state index in [1.807, 2.05) is 77.5 Å². The number of nitrogens with zero attached hydrogens (tertiary/aromatic N) is 2. The Morgan fingerprint density at radius 1 is 1.12 bits per heavy atom. The van der Waals surface area contributed by atoms with Crippen LogP contribution in [-0.2, 0) is 0 Å². The monoisotopic (exact) mass is 422 g/mol. The van der Waals surface area contributed by atoms with E-state index in [4.69, 9.17) is 4.98 Å². The van der Waals surface area contributed by atoms with E-state index in [1.54, 1.807) is 17.4 Å². The minimum Gasteiger partial charge on any atom is -0.290 e. The van der Waals surface area contributed by atoms with Crippen LogP contribution in [0.3, 0.4) is 0 Å². The van der Waals surface area contributed by atoms with Crippen LogP contribution in [-0.4, -0.2) is 15.2 Å². The summed E-state index contributed by atoms with van der Waals surface area (Å²) in [7, 11) is 0. The van der Waals surface area contributed by atoms with Gasteiger partial charge in [-0.1, -0.05) is 57.9 Å². The molecule has 0 N–H and O–H groups in total. The lowest BCUT2D eigenvalue weighted by Crippen LogP contribution is -1.94. The van der Waals surface area contributed by atoms with Crippen LogP contribution in [0.2, 0.25) is 0 Å². The number of hydrogen-bond acceptors (Lipinski definition) is 3. The van der Waals surface area contributed by atoms with Gasteiger partial charge < -0.3 is 0 Å². The third kappa shape index (κ3) is 3.28. The van der Waals surface area contributed by atoms with Gasteiger partial charge in [0.15, 0.2) is 10.7 Å². The lowest BCUT2D eigenvalue weighted by molar-refractivity contribution is 0.104. The number of thiazole rings is 1. The van der Waals surface area contributed by atoms with Gasteiger partial charge in [-0.15, -0.1) is 11.3 Å². The molecular weight excluding hydrogens is 408 g/mol. The molecule has 0 unspecified atom stereocenters. The van der Waals surface area contributed by atoms with E-state index in [-0.39, 0.29) is 5.78 Å². The van der Waals surface area contributed by atoms with Gasteiger partial charge >= 0.3 is 0 Å². The van der Waals surface area contributed by atoms with E-state index in [1.165, 1.54) is 0 Å². The molecule has 0 aliphatic heterocycles. The van der Waals surface area contributed by atoms with Gasteiger partial charge in [0, 0.05) is 27.2 Å². The first kappa shape index (κ1) is 16.9. The van der Waals surface area contributed by atoms with Crippen molar-refractivity contribution in [2.45, 2.75) is 6.92 Å². The molecule has 0 bridgehead atoms. The number of halogens is 1. The molecule has 2 aromatic carbocycles. The summed E-state index contributed by atoms with van der Waals surface area (Å²) in [5.74, 6) is -0.0167. The predicted octanol–water partition coefficient (Wildman–Crippen LogP) is 6.03. The highest BCUT2D eigenvalue weighted by Crippen LogP contribution is 2.28. The first-order valence-corrected chi connectivity index (χ1v) is 9.79.